The fourth-order valence-electron chi connectivity index (χ4n) is 2.52. The number of carbonyl (C=O) groups excluding carboxylic acids is 1. The molecule has 0 radical (unpaired) electrons. The summed E-state index contributed by atoms with van der Waals surface area (Å²) in [4.78, 5) is 18.5. The van der Waals surface area contributed by atoms with Crippen LogP contribution in [0, 0.1) is 11.3 Å². The monoisotopic (exact) mass is 322 g/mol. The zero-order chi connectivity index (χ0) is 16.8. The van der Waals surface area contributed by atoms with E-state index in [9.17, 15) is 4.79 Å². The lowest BCUT2D eigenvalue weighted by atomic mass is 10.1. The summed E-state index contributed by atoms with van der Waals surface area (Å²) in [6, 6.07) is 13.1. The Bertz CT molecular complexity index is 746. The van der Waals surface area contributed by atoms with Crippen LogP contribution in [0.1, 0.15) is 21.5 Å². The standard InChI is InChI=1S/C18H18N4O2/c19-11-15-4-5-17(21-13-15)20-12-14-2-1-3-16(10-14)18(23)22-6-8-24-9-7-22/h1-5,10,13H,6-9,12H2,(H,20,21). The van der Waals surface area contributed by atoms with Gasteiger partial charge in [-0.15, -0.1) is 0 Å². The van der Waals surface area contributed by atoms with Crippen LogP contribution in [0.5, 0.6) is 0 Å². The lowest BCUT2D eigenvalue weighted by Gasteiger charge is -2.27. The predicted molar refractivity (Wildman–Crippen MR) is 89.4 cm³/mol. The lowest BCUT2D eigenvalue weighted by Crippen LogP contribution is -2.40. The van der Waals surface area contributed by atoms with Crippen molar-refractivity contribution in [3.05, 3.63) is 59.3 Å². The highest BCUT2D eigenvalue weighted by molar-refractivity contribution is 5.94. The van der Waals surface area contributed by atoms with Gasteiger partial charge < -0.3 is 15.0 Å². The molecule has 1 amide bonds. The van der Waals surface area contributed by atoms with Gasteiger partial charge in [0, 0.05) is 31.4 Å². The number of pyridine rings is 1. The molecule has 0 spiro atoms. The minimum absolute atomic E-state index is 0.0386. The summed E-state index contributed by atoms with van der Waals surface area (Å²) in [5.74, 6) is 0.732. The third-order valence-electron chi connectivity index (χ3n) is 3.84. The van der Waals surface area contributed by atoms with Crippen molar-refractivity contribution >= 4 is 11.7 Å². The third-order valence-corrected chi connectivity index (χ3v) is 3.84. The summed E-state index contributed by atoms with van der Waals surface area (Å²) >= 11 is 0. The number of nitrogens with zero attached hydrogens (tertiary/aromatic N) is 3. The van der Waals surface area contributed by atoms with Crippen molar-refractivity contribution in [2.45, 2.75) is 6.54 Å². The molecular formula is C18H18N4O2. The Morgan fingerprint density at radius 2 is 2.12 bits per heavy atom. The van der Waals surface area contributed by atoms with E-state index in [0.717, 1.165) is 5.56 Å². The van der Waals surface area contributed by atoms with Crippen LogP contribution in [-0.2, 0) is 11.3 Å². The molecule has 1 aliphatic heterocycles. The quantitative estimate of drug-likeness (QED) is 0.932. The number of nitriles is 1. The second-order valence-electron chi connectivity index (χ2n) is 5.50. The molecule has 1 aliphatic rings. The van der Waals surface area contributed by atoms with Crippen molar-refractivity contribution in [1.82, 2.24) is 9.88 Å². The van der Waals surface area contributed by atoms with E-state index in [1.54, 1.807) is 12.1 Å². The molecule has 0 aliphatic carbocycles. The summed E-state index contributed by atoms with van der Waals surface area (Å²) in [5, 5.41) is 12.0. The number of aromatic nitrogens is 1. The molecule has 1 fully saturated rings. The summed E-state index contributed by atoms with van der Waals surface area (Å²) in [6.07, 6.45) is 1.53. The molecule has 0 unspecified atom stereocenters. The molecule has 0 saturated carbocycles. The maximum absolute atomic E-state index is 12.5. The Labute approximate surface area is 140 Å². The normalized spacial score (nSPS) is 14.0. The number of hydrogen-bond acceptors (Lipinski definition) is 5. The molecule has 1 saturated heterocycles. The van der Waals surface area contributed by atoms with Gasteiger partial charge in [-0.05, 0) is 29.8 Å². The highest BCUT2D eigenvalue weighted by Crippen LogP contribution is 2.12. The first-order chi connectivity index (χ1) is 11.8. The Hall–Kier alpha value is -2.91. The molecule has 24 heavy (non-hydrogen) atoms. The molecule has 1 aromatic heterocycles. The highest BCUT2D eigenvalue weighted by atomic mass is 16.5. The van der Waals surface area contributed by atoms with E-state index in [-0.39, 0.29) is 5.91 Å². The minimum Gasteiger partial charge on any atom is -0.378 e. The number of morpholine rings is 1. The Kier molecular flexibility index (Phi) is 5.04. The van der Waals surface area contributed by atoms with Gasteiger partial charge in [0.25, 0.3) is 5.91 Å². The fraction of sp³-hybridized carbons (Fsp3) is 0.278. The van der Waals surface area contributed by atoms with Crippen LogP contribution in [0.25, 0.3) is 0 Å². The summed E-state index contributed by atoms with van der Waals surface area (Å²) in [5.41, 5.74) is 2.21. The van der Waals surface area contributed by atoms with Crippen LogP contribution < -0.4 is 5.32 Å². The van der Waals surface area contributed by atoms with Crippen molar-refractivity contribution in [3.63, 3.8) is 0 Å². The molecule has 6 heteroatoms. The Balaban J connectivity index is 1.64. The maximum Gasteiger partial charge on any atom is 0.254 e. The van der Waals surface area contributed by atoms with E-state index in [1.807, 2.05) is 35.2 Å². The van der Waals surface area contributed by atoms with Crippen molar-refractivity contribution < 1.29 is 9.53 Å². The number of nitrogens with one attached hydrogen (secondary N) is 1. The lowest BCUT2D eigenvalue weighted by molar-refractivity contribution is 0.0303. The number of anilines is 1. The van der Waals surface area contributed by atoms with Gasteiger partial charge in [0.15, 0.2) is 0 Å². The van der Waals surface area contributed by atoms with E-state index in [0.29, 0.717) is 49.8 Å². The van der Waals surface area contributed by atoms with Gasteiger partial charge in [-0.25, -0.2) is 4.98 Å². The van der Waals surface area contributed by atoms with E-state index in [4.69, 9.17) is 10.00 Å². The van der Waals surface area contributed by atoms with Crippen molar-refractivity contribution in [2.75, 3.05) is 31.6 Å². The number of carbonyl (C=O) groups is 1. The molecule has 1 aromatic carbocycles. The van der Waals surface area contributed by atoms with Gasteiger partial charge in [-0.3, -0.25) is 4.79 Å². The van der Waals surface area contributed by atoms with E-state index < -0.39 is 0 Å². The van der Waals surface area contributed by atoms with Crippen LogP contribution in [0.4, 0.5) is 5.82 Å². The van der Waals surface area contributed by atoms with Gasteiger partial charge in [0.1, 0.15) is 11.9 Å². The summed E-state index contributed by atoms with van der Waals surface area (Å²) in [6.45, 7) is 3.02. The van der Waals surface area contributed by atoms with E-state index >= 15 is 0 Å². The van der Waals surface area contributed by atoms with Crippen molar-refractivity contribution in [2.24, 2.45) is 0 Å². The first kappa shape index (κ1) is 16.0. The van der Waals surface area contributed by atoms with E-state index in [1.165, 1.54) is 6.20 Å². The van der Waals surface area contributed by atoms with Gasteiger partial charge in [-0.1, -0.05) is 12.1 Å². The van der Waals surface area contributed by atoms with Gasteiger partial charge >= 0.3 is 0 Å². The molecule has 2 heterocycles. The second-order valence-corrected chi connectivity index (χ2v) is 5.50. The average molecular weight is 322 g/mol. The fourth-order valence-corrected chi connectivity index (χ4v) is 2.52. The van der Waals surface area contributed by atoms with Gasteiger partial charge in [0.05, 0.1) is 18.8 Å². The molecule has 6 nitrogen and oxygen atoms in total. The second kappa shape index (κ2) is 7.57. The Morgan fingerprint density at radius 3 is 2.83 bits per heavy atom. The first-order valence-corrected chi connectivity index (χ1v) is 7.82. The van der Waals surface area contributed by atoms with Crippen LogP contribution >= 0.6 is 0 Å². The van der Waals surface area contributed by atoms with Crippen LogP contribution in [0.3, 0.4) is 0 Å². The minimum atomic E-state index is 0.0386. The van der Waals surface area contributed by atoms with Crippen molar-refractivity contribution in [1.29, 1.82) is 5.26 Å². The molecule has 0 atom stereocenters. The molecule has 2 aromatic rings. The largest absolute Gasteiger partial charge is 0.378 e. The summed E-state index contributed by atoms with van der Waals surface area (Å²) < 4.78 is 5.28. The number of hydrogen-bond donors (Lipinski definition) is 1. The average Bonchev–Trinajstić information content (AvgIpc) is 2.67. The zero-order valence-electron chi connectivity index (χ0n) is 13.2. The molecule has 1 N–H and O–H groups in total. The van der Waals surface area contributed by atoms with Crippen molar-refractivity contribution in [3.8, 4) is 6.07 Å². The smallest absolute Gasteiger partial charge is 0.254 e. The number of ether oxygens (including phenoxy) is 1. The molecule has 122 valence electrons. The predicted octanol–water partition coefficient (Wildman–Crippen LogP) is 2.04. The number of amides is 1. The maximum atomic E-state index is 12.5. The molecule has 0 bridgehead atoms. The van der Waals surface area contributed by atoms with Gasteiger partial charge in [0.2, 0.25) is 0 Å². The van der Waals surface area contributed by atoms with E-state index in [2.05, 4.69) is 10.3 Å². The van der Waals surface area contributed by atoms with Crippen LogP contribution in [0.15, 0.2) is 42.6 Å². The Morgan fingerprint density at radius 1 is 1.29 bits per heavy atom. The number of rotatable bonds is 4. The topological polar surface area (TPSA) is 78.2 Å². The van der Waals surface area contributed by atoms with Gasteiger partial charge in [-0.2, -0.15) is 5.26 Å². The SMILES string of the molecule is N#Cc1ccc(NCc2cccc(C(=O)N3CCOCC3)c2)nc1. The van der Waals surface area contributed by atoms with Crippen LogP contribution in [-0.4, -0.2) is 42.1 Å². The number of benzene rings is 1. The zero-order valence-corrected chi connectivity index (χ0v) is 13.2. The van der Waals surface area contributed by atoms with Crippen LogP contribution in [0.2, 0.25) is 0 Å². The molecular weight excluding hydrogens is 304 g/mol. The molecule has 3 rings (SSSR count). The first-order valence-electron chi connectivity index (χ1n) is 7.82. The summed E-state index contributed by atoms with van der Waals surface area (Å²) in [7, 11) is 0. The third kappa shape index (κ3) is 3.89. The highest BCUT2D eigenvalue weighted by Gasteiger charge is 2.18.